The van der Waals surface area contributed by atoms with E-state index in [1.807, 2.05) is 0 Å². The summed E-state index contributed by atoms with van der Waals surface area (Å²) in [4.78, 5) is 0. The van der Waals surface area contributed by atoms with Crippen molar-refractivity contribution in [1.82, 2.24) is 0 Å². The van der Waals surface area contributed by atoms with Gasteiger partial charge in [0.15, 0.2) is 0 Å². The highest BCUT2D eigenvalue weighted by Gasteiger charge is 2.14. The van der Waals surface area contributed by atoms with E-state index in [0.717, 1.165) is 0 Å². The largest absolute Gasteiger partial charge is 0.355 e. The molecular formula is C9H11NSi. The molecule has 11 heavy (non-hydrogen) atoms. The molecule has 0 aliphatic heterocycles. The van der Waals surface area contributed by atoms with Crippen LogP contribution in [0, 0.1) is 0 Å². The van der Waals surface area contributed by atoms with Gasteiger partial charge < -0.3 is 5.40 Å². The van der Waals surface area contributed by atoms with Gasteiger partial charge in [-0.1, -0.05) is 36.4 Å². The number of allylic oxidation sites excluding steroid dienone is 1. The molecule has 0 spiro atoms. The van der Waals surface area contributed by atoms with Crippen LogP contribution in [-0.4, -0.2) is 9.68 Å². The summed E-state index contributed by atoms with van der Waals surface area (Å²) < 4.78 is 0. The number of benzene rings is 1. The molecule has 56 valence electrons. The highest BCUT2D eigenvalue weighted by Crippen LogP contribution is 2.27. The summed E-state index contributed by atoms with van der Waals surface area (Å²) in [6.45, 7) is 0. The Balaban J connectivity index is 2.46. The van der Waals surface area contributed by atoms with Crippen LogP contribution in [0.1, 0.15) is 16.7 Å². The van der Waals surface area contributed by atoms with Gasteiger partial charge in [0.1, 0.15) is 9.68 Å². The molecule has 0 saturated heterocycles. The van der Waals surface area contributed by atoms with Gasteiger partial charge in [0.05, 0.1) is 0 Å². The van der Waals surface area contributed by atoms with E-state index < -0.39 is 9.68 Å². The molecule has 0 aromatic heterocycles. The van der Waals surface area contributed by atoms with Gasteiger partial charge in [0, 0.05) is 5.54 Å². The molecule has 1 unspecified atom stereocenters. The van der Waals surface area contributed by atoms with E-state index in [4.69, 9.17) is 5.40 Å². The smallest absolute Gasteiger partial charge is 0.100 e. The highest BCUT2D eigenvalue weighted by atomic mass is 28.2. The van der Waals surface area contributed by atoms with Crippen molar-refractivity contribution in [3.05, 3.63) is 41.5 Å². The molecule has 0 amide bonds. The van der Waals surface area contributed by atoms with Crippen LogP contribution in [0.15, 0.2) is 30.3 Å². The standard InChI is InChI=1S/C9H11NSi/c10-11-9-6-5-7-3-1-2-4-8(7)9/h1-6,9H,10-11H2. The van der Waals surface area contributed by atoms with Gasteiger partial charge >= 0.3 is 0 Å². The van der Waals surface area contributed by atoms with Crippen molar-refractivity contribution in [3.63, 3.8) is 0 Å². The summed E-state index contributed by atoms with van der Waals surface area (Å²) in [6, 6.07) is 8.49. The Bertz CT molecular complexity index is 293. The topological polar surface area (TPSA) is 26.0 Å². The third kappa shape index (κ3) is 1.04. The van der Waals surface area contributed by atoms with Crippen LogP contribution >= 0.6 is 0 Å². The maximum Gasteiger partial charge on any atom is 0.100 e. The minimum Gasteiger partial charge on any atom is -0.355 e. The first kappa shape index (κ1) is 6.82. The Morgan fingerprint density at radius 3 is 2.91 bits per heavy atom. The number of hydrogen-bond donors (Lipinski definition) is 1. The maximum absolute atomic E-state index is 5.74. The van der Waals surface area contributed by atoms with Crippen LogP contribution < -0.4 is 5.40 Å². The van der Waals surface area contributed by atoms with Gasteiger partial charge in [0.2, 0.25) is 0 Å². The van der Waals surface area contributed by atoms with E-state index in [9.17, 15) is 0 Å². The second-order valence-electron chi connectivity index (χ2n) is 2.83. The number of rotatable bonds is 1. The minimum absolute atomic E-state index is 0.405. The van der Waals surface area contributed by atoms with Crippen molar-refractivity contribution in [2.45, 2.75) is 5.54 Å². The van der Waals surface area contributed by atoms with Crippen molar-refractivity contribution in [2.24, 2.45) is 5.40 Å². The zero-order valence-electron chi connectivity index (χ0n) is 6.33. The third-order valence-corrected chi connectivity index (χ3v) is 3.38. The van der Waals surface area contributed by atoms with Crippen LogP contribution in [-0.2, 0) is 0 Å². The van der Waals surface area contributed by atoms with E-state index in [2.05, 4.69) is 36.4 Å². The third-order valence-electron chi connectivity index (χ3n) is 2.16. The molecule has 1 aliphatic carbocycles. The lowest BCUT2D eigenvalue weighted by Gasteiger charge is -2.05. The predicted molar refractivity (Wildman–Crippen MR) is 50.9 cm³/mol. The summed E-state index contributed by atoms with van der Waals surface area (Å²) in [5.74, 6) is 0. The van der Waals surface area contributed by atoms with Gasteiger partial charge in [-0.05, 0) is 11.1 Å². The van der Waals surface area contributed by atoms with Crippen LogP contribution in [0.25, 0.3) is 6.08 Å². The summed E-state index contributed by atoms with van der Waals surface area (Å²) >= 11 is 0. The average Bonchev–Trinajstić information content (AvgIpc) is 2.47. The fourth-order valence-corrected chi connectivity index (χ4v) is 2.45. The molecule has 0 saturated carbocycles. The van der Waals surface area contributed by atoms with Crippen molar-refractivity contribution in [2.75, 3.05) is 0 Å². The normalized spacial score (nSPS) is 21.4. The zero-order chi connectivity index (χ0) is 7.68. The lowest BCUT2D eigenvalue weighted by molar-refractivity contribution is 1.22. The summed E-state index contributed by atoms with van der Waals surface area (Å²) in [7, 11) is -0.405. The monoisotopic (exact) mass is 161 g/mol. The first-order valence-electron chi connectivity index (χ1n) is 3.89. The van der Waals surface area contributed by atoms with Crippen LogP contribution in [0.5, 0.6) is 0 Å². The van der Waals surface area contributed by atoms with Gasteiger partial charge in [-0.25, -0.2) is 0 Å². The Hall–Kier alpha value is -0.863. The SMILES string of the molecule is N[SiH2]C1C=Cc2ccccc21. The second kappa shape index (κ2) is 2.64. The maximum atomic E-state index is 5.74. The predicted octanol–water partition coefficient (Wildman–Crippen LogP) is 0.797. The minimum atomic E-state index is -0.405. The number of hydrogen-bond acceptors (Lipinski definition) is 1. The molecule has 1 atom stereocenters. The van der Waals surface area contributed by atoms with E-state index in [-0.39, 0.29) is 0 Å². The second-order valence-corrected chi connectivity index (χ2v) is 4.18. The van der Waals surface area contributed by atoms with Gasteiger partial charge in [-0.15, -0.1) is 0 Å². The van der Waals surface area contributed by atoms with Gasteiger partial charge in [-0.3, -0.25) is 0 Å². The van der Waals surface area contributed by atoms with E-state index >= 15 is 0 Å². The molecule has 0 bridgehead atoms. The molecule has 2 N–H and O–H groups in total. The van der Waals surface area contributed by atoms with Crippen LogP contribution in [0.2, 0.25) is 0 Å². The molecule has 1 nitrogen and oxygen atoms in total. The number of fused-ring (bicyclic) bond motifs is 1. The Kier molecular flexibility index (Phi) is 1.64. The van der Waals surface area contributed by atoms with Crippen LogP contribution in [0.3, 0.4) is 0 Å². The van der Waals surface area contributed by atoms with Crippen LogP contribution in [0.4, 0.5) is 0 Å². The van der Waals surface area contributed by atoms with E-state index in [1.54, 1.807) is 0 Å². The zero-order valence-corrected chi connectivity index (χ0v) is 7.74. The van der Waals surface area contributed by atoms with Crippen molar-refractivity contribution >= 4 is 15.8 Å². The van der Waals surface area contributed by atoms with E-state index in [1.165, 1.54) is 11.1 Å². The highest BCUT2D eigenvalue weighted by molar-refractivity contribution is 6.35. The molecule has 0 heterocycles. The molecule has 1 aliphatic rings. The molecular weight excluding hydrogens is 150 g/mol. The van der Waals surface area contributed by atoms with Gasteiger partial charge in [0.25, 0.3) is 0 Å². The molecule has 1 aromatic carbocycles. The quantitative estimate of drug-likeness (QED) is 0.606. The first-order chi connectivity index (χ1) is 5.42. The fraction of sp³-hybridized carbons (Fsp3) is 0.111. The summed E-state index contributed by atoms with van der Waals surface area (Å²) in [6.07, 6.45) is 4.41. The first-order valence-corrected chi connectivity index (χ1v) is 5.52. The van der Waals surface area contributed by atoms with Crippen molar-refractivity contribution < 1.29 is 0 Å². The number of nitrogens with two attached hydrogens (primary N) is 1. The molecule has 0 radical (unpaired) electrons. The summed E-state index contributed by atoms with van der Waals surface area (Å²) in [5, 5.41) is 5.74. The molecule has 1 aromatic rings. The van der Waals surface area contributed by atoms with E-state index in [0.29, 0.717) is 5.54 Å². The van der Waals surface area contributed by atoms with Gasteiger partial charge in [-0.2, -0.15) is 0 Å². The Morgan fingerprint density at radius 1 is 1.27 bits per heavy atom. The Labute approximate surface area is 68.8 Å². The van der Waals surface area contributed by atoms with Crippen molar-refractivity contribution in [1.29, 1.82) is 0 Å². The average molecular weight is 161 g/mol. The fourth-order valence-electron chi connectivity index (χ4n) is 1.53. The molecule has 0 fully saturated rings. The lowest BCUT2D eigenvalue weighted by atomic mass is 10.1. The molecule has 2 heteroatoms. The lowest BCUT2D eigenvalue weighted by Crippen LogP contribution is -2.13. The summed E-state index contributed by atoms with van der Waals surface area (Å²) in [5.41, 5.74) is 3.38. The Morgan fingerprint density at radius 2 is 2.09 bits per heavy atom. The van der Waals surface area contributed by atoms with Crippen molar-refractivity contribution in [3.8, 4) is 0 Å². The molecule has 2 rings (SSSR count).